The molecule has 4 rings (SSSR count). The summed E-state index contributed by atoms with van der Waals surface area (Å²) in [6, 6.07) is 17.7. The number of hydrogen-bond acceptors (Lipinski definition) is 5. The molecule has 0 radical (unpaired) electrons. The van der Waals surface area contributed by atoms with E-state index in [4.69, 9.17) is 11.6 Å². The van der Waals surface area contributed by atoms with Crippen LogP contribution in [-0.4, -0.2) is 21.7 Å². The van der Waals surface area contributed by atoms with E-state index in [0.717, 1.165) is 15.9 Å². The number of aromatic nitrogens is 2. The molecule has 2 aromatic carbocycles. The van der Waals surface area contributed by atoms with Gasteiger partial charge in [0, 0.05) is 22.3 Å². The normalized spacial score (nSPS) is 10.8. The summed E-state index contributed by atoms with van der Waals surface area (Å²) < 4.78 is 0.901. The Morgan fingerprint density at radius 1 is 1.03 bits per heavy atom. The first-order valence-electron chi connectivity index (χ1n) is 8.90. The summed E-state index contributed by atoms with van der Waals surface area (Å²) in [5.74, 6) is -0.256. The van der Waals surface area contributed by atoms with Crippen LogP contribution >= 0.6 is 22.9 Å². The molecule has 29 heavy (non-hydrogen) atoms. The van der Waals surface area contributed by atoms with Gasteiger partial charge in [-0.1, -0.05) is 41.1 Å². The molecule has 1 amide bonds. The molecule has 4 aromatic rings. The molecule has 2 heterocycles. The van der Waals surface area contributed by atoms with Crippen LogP contribution in [-0.2, 0) is 6.54 Å². The zero-order valence-electron chi connectivity index (χ0n) is 15.5. The summed E-state index contributed by atoms with van der Waals surface area (Å²) in [7, 11) is 0. The van der Waals surface area contributed by atoms with Crippen molar-refractivity contribution in [2.75, 3.05) is 4.90 Å². The van der Waals surface area contributed by atoms with Gasteiger partial charge in [-0.15, -0.1) is 0 Å². The zero-order chi connectivity index (χ0) is 20.4. The Morgan fingerprint density at radius 3 is 2.48 bits per heavy atom. The predicted octanol–water partition coefficient (Wildman–Crippen LogP) is 5.39. The van der Waals surface area contributed by atoms with Crippen LogP contribution in [0.25, 0.3) is 10.2 Å². The van der Waals surface area contributed by atoms with E-state index in [0.29, 0.717) is 21.3 Å². The summed E-state index contributed by atoms with van der Waals surface area (Å²) in [4.78, 5) is 35.4. The third kappa shape index (κ3) is 4.18. The monoisotopic (exact) mass is 421 g/mol. The van der Waals surface area contributed by atoms with E-state index in [-0.39, 0.29) is 18.2 Å². The number of ketones is 1. The third-order valence-electron chi connectivity index (χ3n) is 4.40. The van der Waals surface area contributed by atoms with Crippen molar-refractivity contribution in [1.29, 1.82) is 0 Å². The van der Waals surface area contributed by atoms with E-state index < -0.39 is 0 Å². The van der Waals surface area contributed by atoms with Crippen molar-refractivity contribution < 1.29 is 9.59 Å². The van der Waals surface area contributed by atoms with Crippen molar-refractivity contribution in [2.24, 2.45) is 0 Å². The molecule has 0 aliphatic carbocycles. The Balaban J connectivity index is 1.74. The topological polar surface area (TPSA) is 63.2 Å². The number of anilines is 1. The highest BCUT2D eigenvalue weighted by Gasteiger charge is 2.22. The standard InChI is InChI=1S/C22H16ClN3O2S/c1-14(27)15-5-7-16(8-6-15)21(28)26(13-18-4-2-3-11-24-18)22-25-19-10-9-17(23)12-20(19)29-22/h2-12H,13H2,1H3. The second-order valence-electron chi connectivity index (χ2n) is 6.45. The number of pyridine rings is 1. The molecule has 0 bridgehead atoms. The second kappa shape index (κ2) is 8.11. The van der Waals surface area contributed by atoms with Crippen LogP contribution in [0.15, 0.2) is 66.9 Å². The van der Waals surface area contributed by atoms with Crippen molar-refractivity contribution in [3.8, 4) is 0 Å². The molecule has 0 aliphatic heterocycles. The smallest absolute Gasteiger partial charge is 0.260 e. The Kier molecular flexibility index (Phi) is 5.38. The SMILES string of the molecule is CC(=O)c1ccc(C(=O)N(Cc2ccccn2)c2nc3ccc(Cl)cc3s2)cc1. The van der Waals surface area contributed by atoms with Gasteiger partial charge in [-0.25, -0.2) is 4.98 Å². The molecule has 0 aliphatic rings. The molecule has 2 aromatic heterocycles. The van der Waals surface area contributed by atoms with Gasteiger partial charge in [0.15, 0.2) is 10.9 Å². The van der Waals surface area contributed by atoms with Gasteiger partial charge in [-0.05, 0) is 49.4 Å². The average Bonchev–Trinajstić information content (AvgIpc) is 3.15. The van der Waals surface area contributed by atoms with Crippen molar-refractivity contribution in [2.45, 2.75) is 13.5 Å². The Bertz CT molecular complexity index is 1190. The van der Waals surface area contributed by atoms with Crippen LogP contribution in [0.3, 0.4) is 0 Å². The first kappa shape index (κ1) is 19.2. The van der Waals surface area contributed by atoms with Crippen molar-refractivity contribution >= 4 is 50.0 Å². The maximum Gasteiger partial charge on any atom is 0.260 e. The van der Waals surface area contributed by atoms with Gasteiger partial charge in [0.25, 0.3) is 5.91 Å². The number of amides is 1. The van der Waals surface area contributed by atoms with Crippen LogP contribution < -0.4 is 4.90 Å². The van der Waals surface area contributed by atoms with Crippen LogP contribution in [0.4, 0.5) is 5.13 Å². The molecule has 0 fully saturated rings. The highest BCUT2D eigenvalue weighted by atomic mass is 35.5. The molecule has 0 unspecified atom stereocenters. The van der Waals surface area contributed by atoms with E-state index in [2.05, 4.69) is 9.97 Å². The number of nitrogens with zero attached hydrogens (tertiary/aromatic N) is 3. The lowest BCUT2D eigenvalue weighted by atomic mass is 10.1. The molecule has 144 valence electrons. The first-order valence-corrected chi connectivity index (χ1v) is 10.1. The molecular weight excluding hydrogens is 406 g/mol. The number of carbonyl (C=O) groups excluding carboxylic acids is 2. The molecule has 7 heteroatoms. The van der Waals surface area contributed by atoms with Crippen LogP contribution in [0.2, 0.25) is 5.02 Å². The Hall–Kier alpha value is -3.09. The largest absolute Gasteiger partial charge is 0.295 e. The van der Waals surface area contributed by atoms with Gasteiger partial charge in [0.2, 0.25) is 0 Å². The molecule has 0 saturated heterocycles. The maximum atomic E-state index is 13.3. The lowest BCUT2D eigenvalue weighted by Crippen LogP contribution is -2.30. The predicted molar refractivity (Wildman–Crippen MR) is 116 cm³/mol. The third-order valence-corrected chi connectivity index (χ3v) is 5.68. The molecule has 0 atom stereocenters. The molecule has 5 nitrogen and oxygen atoms in total. The van der Waals surface area contributed by atoms with Gasteiger partial charge in [-0.3, -0.25) is 19.5 Å². The minimum Gasteiger partial charge on any atom is -0.295 e. The van der Waals surface area contributed by atoms with Gasteiger partial charge in [0.1, 0.15) is 0 Å². The number of carbonyl (C=O) groups is 2. The molecular formula is C22H16ClN3O2S. The maximum absolute atomic E-state index is 13.3. The Morgan fingerprint density at radius 2 is 1.79 bits per heavy atom. The van der Waals surface area contributed by atoms with E-state index in [9.17, 15) is 9.59 Å². The highest BCUT2D eigenvalue weighted by Crippen LogP contribution is 2.32. The number of Topliss-reactive ketones (excluding diaryl/α,β-unsaturated/α-hetero) is 1. The average molecular weight is 422 g/mol. The number of thiazole rings is 1. The van der Waals surface area contributed by atoms with E-state index >= 15 is 0 Å². The number of hydrogen-bond donors (Lipinski definition) is 0. The molecule has 0 N–H and O–H groups in total. The van der Waals surface area contributed by atoms with E-state index in [1.807, 2.05) is 30.3 Å². The minimum absolute atomic E-state index is 0.0441. The first-order chi connectivity index (χ1) is 14.0. The van der Waals surface area contributed by atoms with Crippen molar-refractivity contribution in [1.82, 2.24) is 9.97 Å². The number of benzene rings is 2. The van der Waals surface area contributed by atoms with E-state index in [1.54, 1.807) is 41.4 Å². The fraction of sp³-hybridized carbons (Fsp3) is 0.0909. The van der Waals surface area contributed by atoms with Crippen molar-refractivity contribution in [3.05, 3.63) is 88.7 Å². The molecule has 0 spiro atoms. The lowest BCUT2D eigenvalue weighted by molar-refractivity contribution is 0.0980. The Labute approximate surface area is 176 Å². The fourth-order valence-electron chi connectivity index (χ4n) is 2.89. The van der Waals surface area contributed by atoms with Crippen LogP contribution in [0.1, 0.15) is 33.3 Å². The summed E-state index contributed by atoms with van der Waals surface area (Å²) in [6.07, 6.45) is 1.69. The number of rotatable bonds is 5. The highest BCUT2D eigenvalue weighted by molar-refractivity contribution is 7.22. The van der Waals surface area contributed by atoms with Gasteiger partial charge < -0.3 is 0 Å². The molecule has 0 saturated carbocycles. The second-order valence-corrected chi connectivity index (χ2v) is 7.90. The summed E-state index contributed by atoms with van der Waals surface area (Å²) in [5, 5.41) is 1.18. The van der Waals surface area contributed by atoms with Crippen LogP contribution in [0.5, 0.6) is 0 Å². The number of fused-ring (bicyclic) bond motifs is 1. The zero-order valence-corrected chi connectivity index (χ0v) is 17.1. The summed E-state index contributed by atoms with van der Waals surface area (Å²) in [6.45, 7) is 1.78. The quantitative estimate of drug-likeness (QED) is 0.405. The minimum atomic E-state index is -0.212. The fourth-order valence-corrected chi connectivity index (χ4v) is 4.12. The van der Waals surface area contributed by atoms with Gasteiger partial charge >= 0.3 is 0 Å². The van der Waals surface area contributed by atoms with Crippen LogP contribution in [0, 0.1) is 0 Å². The van der Waals surface area contributed by atoms with Gasteiger partial charge in [0.05, 0.1) is 22.5 Å². The number of halogens is 1. The lowest BCUT2D eigenvalue weighted by Gasteiger charge is -2.19. The van der Waals surface area contributed by atoms with Crippen molar-refractivity contribution in [3.63, 3.8) is 0 Å². The van der Waals surface area contributed by atoms with E-state index in [1.165, 1.54) is 18.3 Å². The summed E-state index contributed by atoms with van der Waals surface area (Å²) >= 11 is 7.49. The van der Waals surface area contributed by atoms with Gasteiger partial charge in [-0.2, -0.15) is 0 Å². The summed E-state index contributed by atoms with van der Waals surface area (Å²) in [5.41, 5.74) is 2.56.